The van der Waals surface area contributed by atoms with E-state index in [1.807, 2.05) is 0 Å². The summed E-state index contributed by atoms with van der Waals surface area (Å²) >= 11 is 0. The summed E-state index contributed by atoms with van der Waals surface area (Å²) in [4.78, 5) is 37.9. The first-order valence-corrected chi connectivity index (χ1v) is 26.0. The fraction of sp³-hybridized carbons (Fsp3) is 0.833. The van der Waals surface area contributed by atoms with Crippen LogP contribution in [0.3, 0.4) is 0 Å². The van der Waals surface area contributed by atoms with Gasteiger partial charge in [-0.25, -0.2) is 0 Å². The molecule has 1 unspecified atom stereocenters. The van der Waals surface area contributed by atoms with Crippen molar-refractivity contribution in [3.8, 4) is 0 Å². The van der Waals surface area contributed by atoms with Gasteiger partial charge in [0.1, 0.15) is 13.2 Å². The minimum Gasteiger partial charge on any atom is -0.462 e. The van der Waals surface area contributed by atoms with Crippen LogP contribution < -0.4 is 0 Å². The van der Waals surface area contributed by atoms with E-state index in [2.05, 4.69) is 57.2 Å². The molecular formula is C54H98O6. The van der Waals surface area contributed by atoms with Gasteiger partial charge in [0.05, 0.1) is 0 Å². The third kappa shape index (κ3) is 46.7. The predicted molar refractivity (Wildman–Crippen MR) is 256 cm³/mol. The molecule has 350 valence electrons. The molecular weight excluding hydrogens is 745 g/mol. The highest BCUT2D eigenvalue weighted by molar-refractivity contribution is 5.71. The Kier molecular flexibility index (Phi) is 47.3. The van der Waals surface area contributed by atoms with Gasteiger partial charge < -0.3 is 14.2 Å². The van der Waals surface area contributed by atoms with E-state index in [0.29, 0.717) is 19.3 Å². The maximum Gasteiger partial charge on any atom is 0.306 e. The normalized spacial score (nSPS) is 12.2. The van der Waals surface area contributed by atoms with Gasteiger partial charge in [-0.15, -0.1) is 0 Å². The third-order valence-corrected chi connectivity index (χ3v) is 11.4. The van der Waals surface area contributed by atoms with Crippen LogP contribution in [0.25, 0.3) is 0 Å². The Bertz CT molecular complexity index is 1020. The van der Waals surface area contributed by atoms with E-state index in [9.17, 15) is 14.4 Å². The minimum atomic E-state index is -0.778. The van der Waals surface area contributed by atoms with Gasteiger partial charge >= 0.3 is 17.9 Å². The van der Waals surface area contributed by atoms with Crippen molar-refractivity contribution < 1.29 is 28.6 Å². The number of hydrogen-bond acceptors (Lipinski definition) is 6. The van der Waals surface area contributed by atoms with Crippen LogP contribution in [0.2, 0.25) is 0 Å². The van der Waals surface area contributed by atoms with Crippen molar-refractivity contribution >= 4 is 17.9 Å². The number of ether oxygens (including phenoxy) is 3. The van der Waals surface area contributed by atoms with Crippen LogP contribution in [0.15, 0.2) is 36.5 Å². The molecule has 0 aromatic carbocycles. The average molecular weight is 843 g/mol. The van der Waals surface area contributed by atoms with Crippen molar-refractivity contribution in [3.05, 3.63) is 36.5 Å². The third-order valence-electron chi connectivity index (χ3n) is 11.4. The molecule has 0 N–H and O–H groups in total. The standard InChI is InChI=1S/C54H98O6/c1-4-7-10-13-16-19-22-25-28-31-34-37-40-43-46-52(55)58-49-51(60-54(57)48-45-42-39-36-33-30-27-24-21-18-15-12-9-6-3)50-59-53(56)47-44-41-38-35-32-29-26-23-20-17-14-11-8-5-2/h13,16,22,24-25,27,51H,4-12,14-15,17-21,23,26,28-50H2,1-3H3/b16-13-,25-22-,27-24-. The lowest BCUT2D eigenvalue weighted by Gasteiger charge is -2.18. The Labute approximate surface area is 372 Å². The number of esters is 3. The van der Waals surface area contributed by atoms with E-state index in [4.69, 9.17) is 14.2 Å². The Morgan fingerprint density at radius 3 is 0.983 bits per heavy atom. The van der Waals surface area contributed by atoms with Crippen LogP contribution in [0.5, 0.6) is 0 Å². The highest BCUT2D eigenvalue weighted by atomic mass is 16.6. The smallest absolute Gasteiger partial charge is 0.306 e. The molecule has 0 bridgehead atoms. The molecule has 0 aliphatic rings. The Morgan fingerprint density at radius 1 is 0.333 bits per heavy atom. The number of hydrogen-bond donors (Lipinski definition) is 0. The molecule has 0 aromatic heterocycles. The lowest BCUT2D eigenvalue weighted by atomic mass is 10.0. The van der Waals surface area contributed by atoms with Crippen molar-refractivity contribution in [2.45, 2.75) is 277 Å². The van der Waals surface area contributed by atoms with Gasteiger partial charge in [0.25, 0.3) is 0 Å². The highest BCUT2D eigenvalue weighted by Crippen LogP contribution is 2.15. The van der Waals surface area contributed by atoms with Crippen LogP contribution in [-0.4, -0.2) is 37.2 Å². The summed E-state index contributed by atoms with van der Waals surface area (Å²) in [6.07, 6.45) is 56.9. The van der Waals surface area contributed by atoms with Crippen molar-refractivity contribution in [3.63, 3.8) is 0 Å². The molecule has 0 aliphatic heterocycles. The van der Waals surface area contributed by atoms with Gasteiger partial charge in [-0.05, 0) is 70.6 Å². The summed E-state index contributed by atoms with van der Waals surface area (Å²) in [5.74, 6) is -0.890. The van der Waals surface area contributed by atoms with E-state index in [1.165, 1.54) is 148 Å². The first kappa shape index (κ1) is 57.6. The molecule has 0 saturated heterocycles. The van der Waals surface area contributed by atoms with Crippen LogP contribution in [0, 0.1) is 0 Å². The Morgan fingerprint density at radius 2 is 0.617 bits per heavy atom. The fourth-order valence-corrected chi connectivity index (χ4v) is 7.39. The molecule has 6 heteroatoms. The van der Waals surface area contributed by atoms with Crippen molar-refractivity contribution in [2.75, 3.05) is 13.2 Å². The zero-order valence-electron chi connectivity index (χ0n) is 40.0. The zero-order valence-corrected chi connectivity index (χ0v) is 40.0. The van der Waals surface area contributed by atoms with E-state index in [1.54, 1.807) is 0 Å². The summed E-state index contributed by atoms with van der Waals surface area (Å²) in [7, 11) is 0. The Balaban J connectivity index is 4.39. The van der Waals surface area contributed by atoms with Gasteiger partial charge in [-0.2, -0.15) is 0 Å². The summed E-state index contributed by atoms with van der Waals surface area (Å²) < 4.78 is 16.8. The topological polar surface area (TPSA) is 78.9 Å². The molecule has 1 atom stereocenters. The number of unbranched alkanes of at least 4 members (excludes halogenated alkanes) is 30. The summed E-state index contributed by atoms with van der Waals surface area (Å²) in [5, 5.41) is 0. The average Bonchev–Trinajstić information content (AvgIpc) is 3.24. The van der Waals surface area contributed by atoms with Gasteiger partial charge in [-0.3, -0.25) is 14.4 Å². The largest absolute Gasteiger partial charge is 0.462 e. The second-order valence-corrected chi connectivity index (χ2v) is 17.4. The molecule has 60 heavy (non-hydrogen) atoms. The number of rotatable bonds is 47. The summed E-state index contributed by atoms with van der Waals surface area (Å²) in [6.45, 7) is 6.59. The first-order valence-electron chi connectivity index (χ1n) is 26.0. The number of allylic oxidation sites excluding steroid dienone is 6. The minimum absolute atomic E-state index is 0.0771. The molecule has 0 saturated carbocycles. The van der Waals surface area contributed by atoms with Crippen molar-refractivity contribution in [2.24, 2.45) is 0 Å². The molecule has 0 radical (unpaired) electrons. The lowest BCUT2D eigenvalue weighted by Crippen LogP contribution is -2.30. The van der Waals surface area contributed by atoms with Crippen LogP contribution in [0.4, 0.5) is 0 Å². The molecule has 0 fully saturated rings. The van der Waals surface area contributed by atoms with Crippen LogP contribution >= 0.6 is 0 Å². The second-order valence-electron chi connectivity index (χ2n) is 17.4. The van der Waals surface area contributed by atoms with Gasteiger partial charge in [-0.1, -0.05) is 218 Å². The predicted octanol–water partition coefficient (Wildman–Crippen LogP) is 16.9. The van der Waals surface area contributed by atoms with Gasteiger partial charge in [0.2, 0.25) is 0 Å². The van der Waals surface area contributed by atoms with Gasteiger partial charge in [0.15, 0.2) is 6.10 Å². The maximum absolute atomic E-state index is 12.8. The summed E-state index contributed by atoms with van der Waals surface area (Å²) in [5.41, 5.74) is 0. The number of carbonyl (C=O) groups excluding carboxylic acids is 3. The molecule has 0 aromatic rings. The fourth-order valence-electron chi connectivity index (χ4n) is 7.39. The molecule has 0 rings (SSSR count). The van der Waals surface area contributed by atoms with E-state index < -0.39 is 6.10 Å². The molecule has 0 heterocycles. The van der Waals surface area contributed by atoms with Gasteiger partial charge in [0, 0.05) is 19.3 Å². The molecule has 0 amide bonds. The van der Waals surface area contributed by atoms with Crippen molar-refractivity contribution in [1.82, 2.24) is 0 Å². The SMILES string of the molecule is CCCC/C=C\C/C=C\CCCCCCCC(=O)OCC(COC(=O)CCCCCCCCCCCCCCCC)OC(=O)CCCCCCC/C=C\CCCCCCC. The Hall–Kier alpha value is -2.37. The molecule has 0 spiro atoms. The second kappa shape index (κ2) is 49.3. The zero-order chi connectivity index (χ0) is 43.7. The van der Waals surface area contributed by atoms with E-state index >= 15 is 0 Å². The highest BCUT2D eigenvalue weighted by Gasteiger charge is 2.19. The first-order chi connectivity index (χ1) is 29.5. The monoisotopic (exact) mass is 843 g/mol. The summed E-state index contributed by atoms with van der Waals surface area (Å²) in [6, 6.07) is 0. The number of carbonyl (C=O) groups is 3. The van der Waals surface area contributed by atoms with Crippen LogP contribution in [0.1, 0.15) is 271 Å². The van der Waals surface area contributed by atoms with Crippen LogP contribution in [-0.2, 0) is 28.6 Å². The molecule has 0 aliphatic carbocycles. The quantitative estimate of drug-likeness (QED) is 0.0263. The lowest BCUT2D eigenvalue weighted by molar-refractivity contribution is -0.167. The van der Waals surface area contributed by atoms with E-state index in [0.717, 1.165) is 83.5 Å². The van der Waals surface area contributed by atoms with Crippen molar-refractivity contribution in [1.29, 1.82) is 0 Å². The molecule has 6 nitrogen and oxygen atoms in total. The van der Waals surface area contributed by atoms with E-state index in [-0.39, 0.29) is 31.1 Å². The maximum atomic E-state index is 12.8.